The van der Waals surface area contributed by atoms with Crippen LogP contribution in [0.4, 0.5) is 11.6 Å². The summed E-state index contributed by atoms with van der Waals surface area (Å²) < 4.78 is 2.13. The van der Waals surface area contributed by atoms with E-state index in [2.05, 4.69) is 28.0 Å². The fourth-order valence-electron chi connectivity index (χ4n) is 1.86. The summed E-state index contributed by atoms with van der Waals surface area (Å²) in [6, 6.07) is 5.95. The van der Waals surface area contributed by atoms with Gasteiger partial charge >= 0.3 is 0 Å². The molecule has 0 aliphatic heterocycles. The maximum Gasteiger partial charge on any atom is 0.207 e. The standard InChI is InChI=1S/C14H18ClN3/c1-4-7-18-9-11(3)16-14(18)17-12-6-5-10(2)13(15)8-12/h5-6,8-9H,4,7H2,1-3H3,(H,16,17). The molecule has 0 saturated carbocycles. The van der Waals surface area contributed by atoms with Crippen molar-refractivity contribution >= 4 is 23.2 Å². The van der Waals surface area contributed by atoms with Crippen molar-refractivity contribution in [3.63, 3.8) is 0 Å². The second kappa shape index (κ2) is 5.44. The molecule has 0 bridgehead atoms. The quantitative estimate of drug-likeness (QED) is 0.891. The Morgan fingerprint density at radius 1 is 1.33 bits per heavy atom. The van der Waals surface area contributed by atoms with Crippen molar-refractivity contribution in [2.75, 3.05) is 5.32 Å². The highest BCUT2D eigenvalue weighted by Gasteiger charge is 2.06. The zero-order valence-corrected chi connectivity index (χ0v) is 11.8. The lowest BCUT2D eigenvalue weighted by Crippen LogP contribution is -2.02. The molecule has 0 aliphatic carbocycles. The normalized spacial score (nSPS) is 10.7. The summed E-state index contributed by atoms with van der Waals surface area (Å²) in [7, 11) is 0. The van der Waals surface area contributed by atoms with E-state index in [0.29, 0.717) is 0 Å². The minimum atomic E-state index is 0.769. The van der Waals surface area contributed by atoms with Crippen LogP contribution in [0.3, 0.4) is 0 Å². The lowest BCUT2D eigenvalue weighted by Gasteiger charge is -2.09. The molecule has 0 atom stereocenters. The molecule has 1 aromatic carbocycles. The molecule has 0 aliphatic rings. The first-order chi connectivity index (χ1) is 8.60. The zero-order valence-electron chi connectivity index (χ0n) is 11.0. The summed E-state index contributed by atoms with van der Waals surface area (Å²) in [6.07, 6.45) is 3.14. The lowest BCUT2D eigenvalue weighted by molar-refractivity contribution is 0.686. The highest BCUT2D eigenvalue weighted by Crippen LogP contribution is 2.23. The van der Waals surface area contributed by atoms with Crippen molar-refractivity contribution in [3.05, 3.63) is 40.7 Å². The van der Waals surface area contributed by atoms with E-state index < -0.39 is 0 Å². The van der Waals surface area contributed by atoms with Crippen LogP contribution in [0.1, 0.15) is 24.6 Å². The van der Waals surface area contributed by atoms with Gasteiger partial charge in [0.25, 0.3) is 0 Å². The molecule has 0 fully saturated rings. The van der Waals surface area contributed by atoms with Crippen molar-refractivity contribution in [2.24, 2.45) is 0 Å². The Hall–Kier alpha value is -1.48. The van der Waals surface area contributed by atoms with Crippen molar-refractivity contribution in [1.29, 1.82) is 0 Å². The zero-order chi connectivity index (χ0) is 13.1. The Bertz CT molecular complexity index is 546. The van der Waals surface area contributed by atoms with Crippen molar-refractivity contribution in [2.45, 2.75) is 33.7 Å². The Labute approximate surface area is 113 Å². The number of halogens is 1. The molecule has 0 amide bonds. The number of hydrogen-bond acceptors (Lipinski definition) is 2. The van der Waals surface area contributed by atoms with Gasteiger partial charge in [-0.25, -0.2) is 4.98 Å². The molecular weight excluding hydrogens is 246 g/mol. The van der Waals surface area contributed by atoms with Gasteiger partial charge in [0.15, 0.2) is 0 Å². The van der Waals surface area contributed by atoms with Crippen LogP contribution in [0, 0.1) is 13.8 Å². The molecule has 18 heavy (non-hydrogen) atoms. The van der Waals surface area contributed by atoms with E-state index in [1.165, 1.54) is 0 Å². The molecule has 1 N–H and O–H groups in total. The SMILES string of the molecule is CCCn1cc(C)nc1Nc1ccc(C)c(Cl)c1. The molecule has 3 nitrogen and oxygen atoms in total. The molecule has 1 aromatic heterocycles. The van der Waals surface area contributed by atoms with E-state index in [9.17, 15) is 0 Å². The van der Waals surface area contributed by atoms with Crippen LogP contribution >= 0.6 is 11.6 Å². The van der Waals surface area contributed by atoms with Crippen LogP contribution in [-0.2, 0) is 6.54 Å². The molecule has 2 rings (SSSR count). The van der Waals surface area contributed by atoms with Crippen LogP contribution in [0.15, 0.2) is 24.4 Å². The highest BCUT2D eigenvalue weighted by molar-refractivity contribution is 6.31. The summed E-state index contributed by atoms with van der Waals surface area (Å²) in [6.45, 7) is 7.11. The molecule has 0 unspecified atom stereocenters. The van der Waals surface area contributed by atoms with Crippen molar-refractivity contribution < 1.29 is 0 Å². The highest BCUT2D eigenvalue weighted by atomic mass is 35.5. The van der Waals surface area contributed by atoms with Crippen LogP contribution < -0.4 is 5.32 Å². The Balaban J connectivity index is 2.24. The molecule has 1 heterocycles. The third-order valence-corrected chi connectivity index (χ3v) is 3.20. The molecule has 0 radical (unpaired) electrons. The first kappa shape index (κ1) is 13.0. The van der Waals surface area contributed by atoms with Gasteiger partial charge < -0.3 is 9.88 Å². The summed E-state index contributed by atoms with van der Waals surface area (Å²) in [5.41, 5.74) is 3.06. The molecule has 0 spiro atoms. The predicted octanol–water partition coefficient (Wildman–Crippen LogP) is 4.31. The second-order valence-electron chi connectivity index (χ2n) is 4.49. The number of benzene rings is 1. The summed E-state index contributed by atoms with van der Waals surface area (Å²) in [4.78, 5) is 4.49. The first-order valence-electron chi connectivity index (χ1n) is 6.17. The van der Waals surface area contributed by atoms with Gasteiger partial charge in [0.2, 0.25) is 5.95 Å². The Morgan fingerprint density at radius 2 is 2.11 bits per heavy atom. The molecule has 96 valence electrons. The smallest absolute Gasteiger partial charge is 0.207 e. The van der Waals surface area contributed by atoms with Gasteiger partial charge in [0.05, 0.1) is 5.69 Å². The van der Waals surface area contributed by atoms with Crippen LogP contribution in [-0.4, -0.2) is 9.55 Å². The number of anilines is 2. The maximum atomic E-state index is 6.12. The van der Waals surface area contributed by atoms with E-state index in [-0.39, 0.29) is 0 Å². The minimum Gasteiger partial charge on any atom is -0.326 e. The fraction of sp³-hybridized carbons (Fsp3) is 0.357. The van der Waals surface area contributed by atoms with E-state index in [4.69, 9.17) is 11.6 Å². The topological polar surface area (TPSA) is 29.9 Å². The number of nitrogens with one attached hydrogen (secondary N) is 1. The van der Waals surface area contributed by atoms with Gasteiger partial charge in [-0.1, -0.05) is 24.6 Å². The van der Waals surface area contributed by atoms with Gasteiger partial charge in [0, 0.05) is 23.5 Å². The van der Waals surface area contributed by atoms with Crippen molar-refractivity contribution in [3.8, 4) is 0 Å². The summed E-state index contributed by atoms with van der Waals surface area (Å²) >= 11 is 6.12. The Kier molecular flexibility index (Phi) is 3.92. The number of hydrogen-bond donors (Lipinski definition) is 1. The summed E-state index contributed by atoms with van der Waals surface area (Å²) in [5, 5.41) is 4.08. The Morgan fingerprint density at radius 3 is 2.78 bits per heavy atom. The monoisotopic (exact) mass is 263 g/mol. The minimum absolute atomic E-state index is 0.769. The fourth-order valence-corrected chi connectivity index (χ4v) is 2.04. The lowest BCUT2D eigenvalue weighted by atomic mass is 10.2. The first-order valence-corrected chi connectivity index (χ1v) is 6.55. The number of rotatable bonds is 4. The second-order valence-corrected chi connectivity index (χ2v) is 4.90. The molecule has 2 aromatic rings. The summed E-state index contributed by atoms with van der Waals surface area (Å²) in [5.74, 6) is 0.870. The average molecular weight is 264 g/mol. The van der Waals surface area contributed by atoms with Gasteiger partial charge in [-0.2, -0.15) is 0 Å². The molecule has 0 saturated heterocycles. The van der Waals surface area contributed by atoms with Crippen molar-refractivity contribution in [1.82, 2.24) is 9.55 Å². The largest absolute Gasteiger partial charge is 0.326 e. The number of imidazole rings is 1. The van der Waals surface area contributed by atoms with Crippen LogP contribution in [0.5, 0.6) is 0 Å². The third-order valence-electron chi connectivity index (χ3n) is 2.79. The predicted molar refractivity (Wildman–Crippen MR) is 76.7 cm³/mol. The number of aromatic nitrogens is 2. The van der Waals surface area contributed by atoms with E-state index in [1.54, 1.807) is 0 Å². The van der Waals surface area contributed by atoms with Crippen LogP contribution in [0.2, 0.25) is 5.02 Å². The van der Waals surface area contributed by atoms with E-state index in [1.807, 2.05) is 32.0 Å². The maximum absolute atomic E-state index is 6.12. The van der Waals surface area contributed by atoms with Gasteiger partial charge in [-0.3, -0.25) is 0 Å². The average Bonchev–Trinajstić information content (AvgIpc) is 2.65. The molecule has 4 heteroatoms. The van der Waals surface area contributed by atoms with Gasteiger partial charge in [-0.15, -0.1) is 0 Å². The van der Waals surface area contributed by atoms with Crippen LogP contribution in [0.25, 0.3) is 0 Å². The van der Waals surface area contributed by atoms with E-state index in [0.717, 1.165) is 40.9 Å². The number of aryl methyl sites for hydroxylation is 3. The van der Waals surface area contributed by atoms with Gasteiger partial charge in [0.1, 0.15) is 0 Å². The molecular formula is C14H18ClN3. The third kappa shape index (κ3) is 2.85. The van der Waals surface area contributed by atoms with Gasteiger partial charge in [-0.05, 0) is 38.0 Å². The number of nitrogens with zero attached hydrogens (tertiary/aromatic N) is 2. The van der Waals surface area contributed by atoms with E-state index >= 15 is 0 Å².